The van der Waals surface area contributed by atoms with Crippen LogP contribution in [0.4, 0.5) is 0 Å². The van der Waals surface area contributed by atoms with E-state index in [0.717, 1.165) is 48.4 Å². The van der Waals surface area contributed by atoms with Gasteiger partial charge in [0.2, 0.25) is 0 Å². The quantitative estimate of drug-likeness (QED) is 0.292. The number of amides is 1. The average molecular weight is 583 g/mol. The molecule has 2 N–H and O–H groups in total. The number of benzene rings is 2. The molecule has 41 heavy (non-hydrogen) atoms. The largest absolute Gasteiger partial charge is 0.480 e. The van der Waals surface area contributed by atoms with Gasteiger partial charge in [0.25, 0.3) is 5.91 Å². The Morgan fingerprint density at radius 2 is 1.88 bits per heavy atom. The Hall–Kier alpha value is -2.39. The Kier molecular flexibility index (Phi) is 12.1. The number of carbonyl (C=O) groups is 2. The minimum absolute atomic E-state index is 0.201. The van der Waals surface area contributed by atoms with Crippen LogP contribution in [0.3, 0.4) is 0 Å². The van der Waals surface area contributed by atoms with Gasteiger partial charge in [-0.05, 0) is 84.9 Å². The number of thioether (sulfide) groups is 1. The van der Waals surface area contributed by atoms with Crippen LogP contribution < -0.4 is 5.32 Å². The molecule has 1 saturated heterocycles. The van der Waals surface area contributed by atoms with Crippen molar-refractivity contribution in [2.75, 3.05) is 38.9 Å². The van der Waals surface area contributed by atoms with E-state index in [-0.39, 0.29) is 18.1 Å². The fourth-order valence-corrected chi connectivity index (χ4v) is 6.66. The molecule has 0 radical (unpaired) electrons. The number of carbonyl (C=O) groups excluding carboxylic acids is 1. The van der Waals surface area contributed by atoms with Crippen LogP contribution >= 0.6 is 11.8 Å². The van der Waals surface area contributed by atoms with Crippen LogP contribution in [0, 0.1) is 12.8 Å². The van der Waals surface area contributed by atoms with E-state index < -0.39 is 12.0 Å². The number of nitrogens with one attached hydrogen (secondary N) is 1. The van der Waals surface area contributed by atoms with Gasteiger partial charge in [0.15, 0.2) is 0 Å². The molecule has 4 rings (SSSR count). The van der Waals surface area contributed by atoms with Gasteiger partial charge in [-0.15, -0.1) is 0 Å². The summed E-state index contributed by atoms with van der Waals surface area (Å²) in [6.45, 7) is 5.13. The van der Waals surface area contributed by atoms with E-state index in [4.69, 9.17) is 9.47 Å². The number of carboxylic acids is 1. The van der Waals surface area contributed by atoms with E-state index in [0.29, 0.717) is 30.3 Å². The first kappa shape index (κ1) is 31.5. The number of hydrogen-bond acceptors (Lipinski definition) is 6. The smallest absolute Gasteiger partial charge is 0.326 e. The summed E-state index contributed by atoms with van der Waals surface area (Å²) in [4.78, 5) is 27.7. The molecule has 2 aromatic carbocycles. The number of methoxy groups -OCH3 is 1. The molecule has 1 amide bonds. The molecule has 2 aromatic rings. The molecule has 0 spiro atoms. The minimum atomic E-state index is -1.01. The summed E-state index contributed by atoms with van der Waals surface area (Å²) >= 11 is 1.57. The number of aliphatic carboxylic acids is 1. The van der Waals surface area contributed by atoms with Crippen LogP contribution in [-0.2, 0) is 20.8 Å². The summed E-state index contributed by atoms with van der Waals surface area (Å²) in [5.41, 5.74) is 4.44. The zero-order valence-electron chi connectivity index (χ0n) is 24.8. The van der Waals surface area contributed by atoms with Crippen molar-refractivity contribution in [2.24, 2.45) is 5.92 Å². The van der Waals surface area contributed by atoms with E-state index in [2.05, 4.69) is 16.3 Å². The van der Waals surface area contributed by atoms with Crippen molar-refractivity contribution in [2.45, 2.75) is 76.6 Å². The Balaban J connectivity index is 1.53. The molecule has 8 heteroatoms. The van der Waals surface area contributed by atoms with Gasteiger partial charge in [0.05, 0.1) is 12.7 Å². The second kappa shape index (κ2) is 15.7. The second-order valence-corrected chi connectivity index (χ2v) is 12.6. The summed E-state index contributed by atoms with van der Waals surface area (Å²) in [7, 11) is 1.75. The van der Waals surface area contributed by atoms with Crippen LogP contribution in [0.15, 0.2) is 42.5 Å². The third kappa shape index (κ3) is 8.80. The van der Waals surface area contributed by atoms with E-state index in [9.17, 15) is 14.7 Å². The van der Waals surface area contributed by atoms with Crippen molar-refractivity contribution in [3.05, 3.63) is 59.2 Å². The van der Waals surface area contributed by atoms with Crippen molar-refractivity contribution in [3.63, 3.8) is 0 Å². The lowest BCUT2D eigenvalue weighted by molar-refractivity contribution is -0.139. The third-order valence-electron chi connectivity index (χ3n) is 8.50. The highest BCUT2D eigenvalue weighted by atomic mass is 32.2. The van der Waals surface area contributed by atoms with Crippen molar-refractivity contribution < 1.29 is 24.2 Å². The highest BCUT2D eigenvalue weighted by Gasteiger charge is 2.33. The number of nitrogens with zero attached hydrogens (tertiary/aromatic N) is 1. The van der Waals surface area contributed by atoms with Gasteiger partial charge in [0.1, 0.15) is 6.04 Å². The SMILES string of the molecule is COC[C@H]1CC(OCC2CCCCC2)CN1Cc1ccc(C(=O)N[C@@H](CCSC)C(=O)O)c(-c2ccccc2C)c1. The number of ether oxygens (including phenoxy) is 2. The molecule has 224 valence electrons. The molecule has 0 bridgehead atoms. The van der Waals surface area contributed by atoms with E-state index in [1.165, 1.54) is 32.1 Å². The topological polar surface area (TPSA) is 88.1 Å². The first-order chi connectivity index (χ1) is 19.9. The molecule has 0 aromatic heterocycles. The molecule has 2 fully saturated rings. The van der Waals surface area contributed by atoms with Gasteiger partial charge in [-0.1, -0.05) is 49.6 Å². The zero-order valence-corrected chi connectivity index (χ0v) is 25.6. The predicted octanol–water partition coefficient (Wildman–Crippen LogP) is 5.78. The molecular weight excluding hydrogens is 536 g/mol. The lowest BCUT2D eigenvalue weighted by Gasteiger charge is -2.25. The highest BCUT2D eigenvalue weighted by Crippen LogP contribution is 2.31. The maximum Gasteiger partial charge on any atom is 0.326 e. The van der Waals surface area contributed by atoms with Gasteiger partial charge >= 0.3 is 5.97 Å². The fraction of sp³-hybridized carbons (Fsp3) is 0.576. The number of hydrogen-bond donors (Lipinski definition) is 2. The van der Waals surface area contributed by atoms with Crippen LogP contribution in [0.2, 0.25) is 0 Å². The van der Waals surface area contributed by atoms with Gasteiger partial charge in [0, 0.05) is 38.4 Å². The molecule has 7 nitrogen and oxygen atoms in total. The van der Waals surface area contributed by atoms with Gasteiger partial charge in [-0.3, -0.25) is 9.69 Å². The first-order valence-corrected chi connectivity index (χ1v) is 16.3. The molecule has 3 atom stereocenters. The van der Waals surface area contributed by atoms with E-state index in [1.807, 2.05) is 49.6 Å². The molecule has 1 aliphatic heterocycles. The predicted molar refractivity (Wildman–Crippen MR) is 166 cm³/mol. The normalized spacial score (nSPS) is 20.7. The van der Waals surface area contributed by atoms with Crippen LogP contribution in [-0.4, -0.2) is 78.9 Å². The Bertz CT molecular complexity index is 1150. The van der Waals surface area contributed by atoms with E-state index >= 15 is 0 Å². The molecular formula is C33H46N2O5S. The van der Waals surface area contributed by atoms with E-state index in [1.54, 1.807) is 18.9 Å². The standard InChI is InChI=1S/C33H46N2O5S/c1-23-9-7-8-12-28(23)30-17-25(13-14-29(30)32(36)34-31(33(37)38)15-16-41-3)19-35-20-27(18-26(35)22-39-2)40-21-24-10-5-4-6-11-24/h7-9,12-14,17,24,26-27,31H,4-6,10-11,15-16,18-22H2,1-3H3,(H,34,36)(H,37,38)/t26-,27?,31+/m1/s1. The lowest BCUT2D eigenvalue weighted by Crippen LogP contribution is -2.41. The molecule has 1 heterocycles. The highest BCUT2D eigenvalue weighted by molar-refractivity contribution is 7.98. The lowest BCUT2D eigenvalue weighted by atomic mass is 9.90. The van der Waals surface area contributed by atoms with Crippen molar-refractivity contribution in [1.29, 1.82) is 0 Å². The van der Waals surface area contributed by atoms with Gasteiger partial charge in [-0.25, -0.2) is 4.79 Å². The summed E-state index contributed by atoms with van der Waals surface area (Å²) in [5, 5.41) is 12.4. The second-order valence-electron chi connectivity index (χ2n) is 11.6. The maximum absolute atomic E-state index is 13.4. The summed E-state index contributed by atoms with van der Waals surface area (Å²) in [5.74, 6) is -0.0293. The molecule has 1 unspecified atom stereocenters. The van der Waals surface area contributed by atoms with Crippen molar-refractivity contribution in [1.82, 2.24) is 10.2 Å². The van der Waals surface area contributed by atoms with Crippen LogP contribution in [0.5, 0.6) is 0 Å². The Labute approximate surface area is 249 Å². The van der Waals surface area contributed by atoms with Crippen molar-refractivity contribution in [3.8, 4) is 11.1 Å². The van der Waals surface area contributed by atoms with Crippen LogP contribution in [0.1, 0.15) is 66.4 Å². The molecule has 1 saturated carbocycles. The number of carboxylic acid groups (broad SMARTS) is 1. The summed E-state index contributed by atoms with van der Waals surface area (Å²) in [6, 6.07) is 13.3. The average Bonchev–Trinajstić information content (AvgIpc) is 3.35. The number of rotatable bonds is 14. The van der Waals surface area contributed by atoms with Gasteiger partial charge < -0.3 is 19.9 Å². The van der Waals surface area contributed by atoms with Crippen LogP contribution in [0.25, 0.3) is 11.1 Å². The molecule has 1 aliphatic carbocycles. The zero-order chi connectivity index (χ0) is 29.2. The summed E-state index contributed by atoms with van der Waals surface area (Å²) < 4.78 is 12.0. The third-order valence-corrected chi connectivity index (χ3v) is 9.15. The Morgan fingerprint density at radius 3 is 2.59 bits per heavy atom. The maximum atomic E-state index is 13.4. The number of aryl methyl sites for hydroxylation is 1. The summed E-state index contributed by atoms with van der Waals surface area (Å²) in [6.07, 6.45) is 10.0. The Morgan fingerprint density at radius 1 is 1.10 bits per heavy atom. The monoisotopic (exact) mass is 582 g/mol. The molecule has 2 aliphatic rings. The minimum Gasteiger partial charge on any atom is -0.480 e. The van der Waals surface area contributed by atoms with Crippen molar-refractivity contribution >= 4 is 23.6 Å². The van der Waals surface area contributed by atoms with Gasteiger partial charge in [-0.2, -0.15) is 11.8 Å². The number of likely N-dealkylation sites (tertiary alicyclic amines) is 1. The first-order valence-electron chi connectivity index (χ1n) is 15.0. The fourth-order valence-electron chi connectivity index (χ4n) is 6.19.